The van der Waals surface area contributed by atoms with Gasteiger partial charge in [0.15, 0.2) is 0 Å². The molecule has 1 aliphatic rings. The highest BCUT2D eigenvalue weighted by atomic mass is 35.5. The van der Waals surface area contributed by atoms with E-state index >= 15 is 0 Å². The fourth-order valence-corrected chi connectivity index (χ4v) is 4.87. The zero-order valence-corrected chi connectivity index (χ0v) is 17.9. The highest BCUT2D eigenvalue weighted by Gasteiger charge is 2.26. The topological polar surface area (TPSA) is 53.3 Å². The van der Waals surface area contributed by atoms with E-state index in [0.717, 1.165) is 24.0 Å². The molecule has 152 valence electrons. The standard InChI is InChI=1S/C23H25ClN2O2S/c24-20-9-7-19(8-10-20)23(18-5-2-1-3-6-18)29-17-22(27)26(14-4-13-25)21-11-15-28-16-12-21/h1-3,5-10,21,23H,4,11-12,14-17H2. The molecule has 1 aliphatic heterocycles. The van der Waals surface area contributed by atoms with Crippen molar-refractivity contribution in [3.8, 4) is 6.07 Å². The van der Waals surface area contributed by atoms with Crippen LogP contribution in [0.5, 0.6) is 0 Å². The Hall–Kier alpha value is -2.00. The van der Waals surface area contributed by atoms with E-state index in [0.29, 0.717) is 37.0 Å². The predicted molar refractivity (Wildman–Crippen MR) is 118 cm³/mol. The first-order valence-corrected chi connectivity index (χ1v) is 11.3. The zero-order chi connectivity index (χ0) is 20.5. The van der Waals surface area contributed by atoms with Crippen LogP contribution in [0.15, 0.2) is 54.6 Å². The van der Waals surface area contributed by atoms with Crippen LogP contribution in [0.3, 0.4) is 0 Å². The summed E-state index contributed by atoms with van der Waals surface area (Å²) in [6, 6.07) is 20.3. The van der Waals surface area contributed by atoms with Crippen molar-refractivity contribution in [3.05, 3.63) is 70.7 Å². The molecule has 3 rings (SSSR count). The minimum absolute atomic E-state index is 0.0462. The van der Waals surface area contributed by atoms with Gasteiger partial charge >= 0.3 is 0 Å². The molecule has 2 aromatic rings. The zero-order valence-electron chi connectivity index (χ0n) is 16.3. The van der Waals surface area contributed by atoms with Crippen molar-refractivity contribution in [1.82, 2.24) is 4.90 Å². The van der Waals surface area contributed by atoms with Crippen molar-refractivity contribution in [2.24, 2.45) is 0 Å². The summed E-state index contributed by atoms with van der Waals surface area (Å²) in [7, 11) is 0. The van der Waals surface area contributed by atoms with Crippen molar-refractivity contribution in [2.45, 2.75) is 30.6 Å². The Labute approximate surface area is 181 Å². The molecule has 29 heavy (non-hydrogen) atoms. The van der Waals surface area contributed by atoms with Crippen molar-refractivity contribution >= 4 is 29.3 Å². The van der Waals surface area contributed by atoms with Gasteiger partial charge in [0, 0.05) is 30.8 Å². The molecule has 0 radical (unpaired) electrons. The number of nitriles is 1. The third-order valence-corrected chi connectivity index (χ3v) is 6.61. The van der Waals surface area contributed by atoms with E-state index in [4.69, 9.17) is 21.6 Å². The molecule has 0 bridgehead atoms. The number of rotatable bonds is 8. The van der Waals surface area contributed by atoms with Crippen LogP contribution in [0.1, 0.15) is 35.6 Å². The van der Waals surface area contributed by atoms with Gasteiger partial charge in [0.1, 0.15) is 0 Å². The Bertz CT molecular complexity index is 817. The Morgan fingerprint density at radius 3 is 2.45 bits per heavy atom. The maximum atomic E-state index is 13.1. The van der Waals surface area contributed by atoms with Gasteiger partial charge in [0.25, 0.3) is 0 Å². The molecule has 0 aliphatic carbocycles. The summed E-state index contributed by atoms with van der Waals surface area (Å²) in [5.74, 6) is 0.456. The number of hydrogen-bond acceptors (Lipinski definition) is 4. The third kappa shape index (κ3) is 6.24. The van der Waals surface area contributed by atoms with Crippen LogP contribution in [0.2, 0.25) is 5.02 Å². The molecule has 1 atom stereocenters. The summed E-state index contributed by atoms with van der Waals surface area (Å²) in [4.78, 5) is 15.0. The fraction of sp³-hybridized carbons (Fsp3) is 0.391. The molecule has 1 heterocycles. The molecule has 1 amide bonds. The number of carbonyl (C=O) groups is 1. The van der Waals surface area contributed by atoms with Crippen LogP contribution in [-0.2, 0) is 9.53 Å². The monoisotopic (exact) mass is 428 g/mol. The summed E-state index contributed by atoms with van der Waals surface area (Å²) in [5.41, 5.74) is 2.27. The fourth-order valence-electron chi connectivity index (χ4n) is 3.57. The number of ether oxygens (including phenoxy) is 1. The minimum Gasteiger partial charge on any atom is -0.381 e. The van der Waals surface area contributed by atoms with Gasteiger partial charge < -0.3 is 9.64 Å². The van der Waals surface area contributed by atoms with E-state index in [-0.39, 0.29) is 17.2 Å². The summed E-state index contributed by atoms with van der Waals surface area (Å²) in [6.45, 7) is 1.83. The first-order valence-electron chi connectivity index (χ1n) is 9.85. The van der Waals surface area contributed by atoms with Gasteiger partial charge in [-0.1, -0.05) is 54.1 Å². The van der Waals surface area contributed by atoms with Gasteiger partial charge in [0.2, 0.25) is 5.91 Å². The number of hydrogen-bond donors (Lipinski definition) is 0. The number of carbonyl (C=O) groups excluding carboxylic acids is 1. The first-order chi connectivity index (χ1) is 14.2. The van der Waals surface area contributed by atoms with Crippen LogP contribution in [0.25, 0.3) is 0 Å². The second-order valence-electron chi connectivity index (χ2n) is 6.99. The van der Waals surface area contributed by atoms with E-state index < -0.39 is 0 Å². The molecule has 1 saturated heterocycles. The Morgan fingerprint density at radius 1 is 1.14 bits per heavy atom. The summed E-state index contributed by atoms with van der Waals surface area (Å²) in [6.07, 6.45) is 2.02. The minimum atomic E-state index is 0.0462. The summed E-state index contributed by atoms with van der Waals surface area (Å²) < 4.78 is 5.44. The SMILES string of the molecule is N#CCCN(C(=O)CSC(c1ccccc1)c1ccc(Cl)cc1)C1CCOCC1. The first kappa shape index (κ1) is 21.7. The van der Waals surface area contributed by atoms with Gasteiger partial charge in [-0.05, 0) is 36.1 Å². The predicted octanol–water partition coefficient (Wildman–Crippen LogP) is 5.08. The normalized spacial score (nSPS) is 15.4. The quantitative estimate of drug-likeness (QED) is 0.588. The van der Waals surface area contributed by atoms with E-state index in [1.54, 1.807) is 11.8 Å². The van der Waals surface area contributed by atoms with Gasteiger partial charge in [-0.25, -0.2) is 0 Å². The highest BCUT2D eigenvalue weighted by molar-refractivity contribution is 8.00. The Kier molecular flexibility index (Phi) is 8.42. The van der Waals surface area contributed by atoms with Crippen LogP contribution < -0.4 is 0 Å². The maximum absolute atomic E-state index is 13.1. The van der Waals surface area contributed by atoms with Gasteiger partial charge in [-0.3, -0.25) is 4.79 Å². The smallest absolute Gasteiger partial charge is 0.232 e. The Morgan fingerprint density at radius 2 is 1.79 bits per heavy atom. The van der Waals surface area contributed by atoms with Crippen LogP contribution in [-0.4, -0.2) is 42.4 Å². The molecule has 0 N–H and O–H groups in total. The molecule has 0 aromatic heterocycles. The molecule has 6 heteroatoms. The van der Waals surface area contributed by atoms with E-state index in [1.807, 2.05) is 47.4 Å². The highest BCUT2D eigenvalue weighted by Crippen LogP contribution is 2.36. The van der Waals surface area contributed by atoms with Crippen molar-refractivity contribution in [2.75, 3.05) is 25.5 Å². The lowest BCUT2D eigenvalue weighted by Crippen LogP contribution is -2.44. The molecule has 4 nitrogen and oxygen atoms in total. The lowest BCUT2D eigenvalue weighted by molar-refractivity contribution is -0.132. The lowest BCUT2D eigenvalue weighted by atomic mass is 10.0. The molecule has 2 aromatic carbocycles. The Balaban J connectivity index is 1.73. The van der Waals surface area contributed by atoms with Gasteiger partial charge in [0.05, 0.1) is 23.5 Å². The van der Waals surface area contributed by atoms with E-state index in [1.165, 1.54) is 0 Å². The number of thioether (sulfide) groups is 1. The van der Waals surface area contributed by atoms with Crippen molar-refractivity contribution < 1.29 is 9.53 Å². The molecular formula is C23H25ClN2O2S. The average molecular weight is 429 g/mol. The molecule has 1 unspecified atom stereocenters. The number of amides is 1. The third-order valence-electron chi connectivity index (χ3n) is 5.07. The molecule has 0 spiro atoms. The second-order valence-corrected chi connectivity index (χ2v) is 8.52. The van der Waals surface area contributed by atoms with Gasteiger partial charge in [-0.2, -0.15) is 5.26 Å². The average Bonchev–Trinajstić information content (AvgIpc) is 2.77. The van der Waals surface area contributed by atoms with E-state index in [9.17, 15) is 4.79 Å². The summed E-state index contributed by atoms with van der Waals surface area (Å²) in [5, 5.41) is 9.75. The van der Waals surface area contributed by atoms with Gasteiger partial charge in [-0.15, -0.1) is 11.8 Å². The summed E-state index contributed by atoms with van der Waals surface area (Å²) >= 11 is 7.68. The van der Waals surface area contributed by atoms with E-state index in [2.05, 4.69) is 18.2 Å². The van der Waals surface area contributed by atoms with Crippen molar-refractivity contribution in [3.63, 3.8) is 0 Å². The molecular weight excluding hydrogens is 404 g/mol. The van der Waals surface area contributed by atoms with Crippen LogP contribution in [0, 0.1) is 11.3 Å². The van der Waals surface area contributed by atoms with Crippen molar-refractivity contribution in [1.29, 1.82) is 5.26 Å². The van der Waals surface area contributed by atoms with Crippen LogP contribution >= 0.6 is 23.4 Å². The number of halogens is 1. The largest absolute Gasteiger partial charge is 0.381 e. The second kappa shape index (κ2) is 11.3. The lowest BCUT2D eigenvalue weighted by Gasteiger charge is -2.34. The maximum Gasteiger partial charge on any atom is 0.232 e. The number of benzene rings is 2. The molecule has 1 fully saturated rings. The van der Waals surface area contributed by atoms with Crippen LogP contribution in [0.4, 0.5) is 0 Å². The number of nitrogens with zero attached hydrogens (tertiary/aromatic N) is 2. The molecule has 0 saturated carbocycles.